The normalized spacial score (nSPS) is 23.3. The Morgan fingerprint density at radius 1 is 1.39 bits per heavy atom. The van der Waals surface area contributed by atoms with E-state index in [-0.39, 0.29) is 0 Å². The number of aromatic amines is 1. The molecule has 2 heterocycles. The second-order valence-corrected chi connectivity index (χ2v) is 6.65. The Balaban J connectivity index is 2.10. The van der Waals surface area contributed by atoms with E-state index in [1.54, 1.807) is 11.3 Å². The lowest BCUT2D eigenvalue weighted by atomic mass is 9.76. The molecule has 0 saturated carbocycles. The van der Waals surface area contributed by atoms with E-state index in [2.05, 4.69) is 48.5 Å². The van der Waals surface area contributed by atoms with Gasteiger partial charge in [-0.3, -0.25) is 5.10 Å². The second kappa shape index (κ2) is 4.54. The number of aromatic nitrogens is 2. The number of thiophene rings is 1. The number of hydrogen-bond acceptors (Lipinski definition) is 2. The summed E-state index contributed by atoms with van der Waals surface area (Å²) < 4.78 is 0. The molecule has 0 amide bonds. The number of nitrogens with one attached hydrogen (secondary N) is 1. The van der Waals surface area contributed by atoms with Crippen molar-refractivity contribution < 1.29 is 0 Å². The van der Waals surface area contributed by atoms with Gasteiger partial charge in [-0.1, -0.05) is 26.8 Å². The summed E-state index contributed by atoms with van der Waals surface area (Å²) in [5.74, 6) is 1.97. The second-order valence-electron chi connectivity index (χ2n) is 5.71. The van der Waals surface area contributed by atoms with Crippen LogP contribution in [0.15, 0.2) is 17.5 Å². The van der Waals surface area contributed by atoms with Gasteiger partial charge in [0.25, 0.3) is 0 Å². The molecule has 1 aliphatic rings. The molecule has 2 aromatic rings. The van der Waals surface area contributed by atoms with Gasteiger partial charge in [-0.25, -0.2) is 0 Å². The molecule has 1 aliphatic carbocycles. The van der Waals surface area contributed by atoms with Crippen molar-refractivity contribution in [2.45, 2.75) is 45.4 Å². The topological polar surface area (TPSA) is 28.7 Å². The zero-order valence-electron chi connectivity index (χ0n) is 11.2. The van der Waals surface area contributed by atoms with E-state index < -0.39 is 0 Å². The summed E-state index contributed by atoms with van der Waals surface area (Å²) in [5, 5.41) is 10.1. The number of hydrogen-bond donors (Lipinski definition) is 1. The monoisotopic (exact) mass is 260 g/mol. The molecule has 0 saturated heterocycles. The van der Waals surface area contributed by atoms with Crippen molar-refractivity contribution in [1.82, 2.24) is 10.2 Å². The third-order valence-electron chi connectivity index (χ3n) is 4.17. The lowest BCUT2D eigenvalue weighted by Gasteiger charge is -2.29. The first-order valence-electron chi connectivity index (χ1n) is 6.80. The Bertz CT molecular complexity index is 525. The van der Waals surface area contributed by atoms with Gasteiger partial charge in [-0.05, 0) is 36.1 Å². The van der Waals surface area contributed by atoms with Crippen LogP contribution in [0.2, 0.25) is 0 Å². The highest BCUT2D eigenvalue weighted by Crippen LogP contribution is 2.45. The Morgan fingerprint density at radius 3 is 2.89 bits per heavy atom. The lowest BCUT2D eigenvalue weighted by Crippen LogP contribution is -2.16. The van der Waals surface area contributed by atoms with Crippen LogP contribution in [0.3, 0.4) is 0 Å². The third kappa shape index (κ3) is 1.81. The van der Waals surface area contributed by atoms with Gasteiger partial charge in [0.15, 0.2) is 0 Å². The van der Waals surface area contributed by atoms with E-state index in [1.165, 1.54) is 34.7 Å². The molecule has 18 heavy (non-hydrogen) atoms. The van der Waals surface area contributed by atoms with Crippen LogP contribution in [0.4, 0.5) is 0 Å². The van der Waals surface area contributed by atoms with Crippen molar-refractivity contribution in [2.24, 2.45) is 5.92 Å². The predicted octanol–water partition coefficient (Wildman–Crippen LogP) is 4.78. The largest absolute Gasteiger partial charge is 0.281 e. The minimum Gasteiger partial charge on any atom is -0.281 e. The quantitative estimate of drug-likeness (QED) is 0.827. The molecular weight excluding hydrogens is 240 g/mol. The first kappa shape index (κ1) is 12.0. The molecule has 0 bridgehead atoms. The highest BCUT2D eigenvalue weighted by atomic mass is 32.1. The Labute approximate surface area is 112 Å². The van der Waals surface area contributed by atoms with Crippen LogP contribution in [-0.2, 0) is 0 Å². The van der Waals surface area contributed by atoms with Gasteiger partial charge in [0, 0.05) is 17.2 Å². The average Bonchev–Trinajstić information content (AvgIpc) is 2.97. The number of rotatable bonds is 2. The molecule has 0 fully saturated rings. The summed E-state index contributed by atoms with van der Waals surface area (Å²) >= 11 is 1.78. The lowest BCUT2D eigenvalue weighted by molar-refractivity contribution is 0.403. The maximum atomic E-state index is 4.61. The van der Waals surface area contributed by atoms with Crippen molar-refractivity contribution in [1.29, 1.82) is 0 Å². The van der Waals surface area contributed by atoms with Crippen molar-refractivity contribution in [2.75, 3.05) is 0 Å². The summed E-state index contributed by atoms with van der Waals surface area (Å²) in [6.07, 6.45) is 2.58. The van der Waals surface area contributed by atoms with Crippen LogP contribution in [0.5, 0.6) is 0 Å². The molecule has 0 radical (unpaired) electrons. The molecule has 0 aromatic carbocycles. The maximum absolute atomic E-state index is 4.61. The van der Waals surface area contributed by atoms with Crippen LogP contribution < -0.4 is 0 Å². The molecular formula is C15H20N2S. The molecule has 96 valence electrons. The minimum absolute atomic E-state index is 0.630. The van der Waals surface area contributed by atoms with Crippen molar-refractivity contribution in [3.63, 3.8) is 0 Å². The highest BCUT2D eigenvalue weighted by molar-refractivity contribution is 7.13. The van der Waals surface area contributed by atoms with E-state index in [0.29, 0.717) is 17.8 Å². The Morgan fingerprint density at radius 2 is 2.22 bits per heavy atom. The van der Waals surface area contributed by atoms with Crippen molar-refractivity contribution >= 4 is 11.3 Å². The molecule has 2 aromatic heterocycles. The molecule has 0 unspecified atom stereocenters. The van der Waals surface area contributed by atoms with Crippen molar-refractivity contribution in [3.05, 3.63) is 28.8 Å². The molecule has 2 nitrogen and oxygen atoms in total. The third-order valence-corrected chi connectivity index (χ3v) is 5.04. The zero-order valence-corrected chi connectivity index (χ0v) is 12.1. The molecule has 0 spiro atoms. The Hall–Kier alpha value is -1.09. The first-order chi connectivity index (χ1) is 8.68. The summed E-state index contributed by atoms with van der Waals surface area (Å²) in [6.45, 7) is 6.97. The van der Waals surface area contributed by atoms with Crippen LogP contribution in [0, 0.1) is 5.92 Å². The molecule has 3 heteroatoms. The standard InChI is InChI=1S/C15H20N2S/c1-9(2)11-7-6-10(3)13-14(11)16-17-15(13)12-5-4-8-18-12/h4-5,8-11H,6-7H2,1-3H3,(H,16,17)/t10-,11+/m1/s1. The number of fused-ring (bicyclic) bond motifs is 1. The van der Waals surface area contributed by atoms with Crippen LogP contribution in [0.25, 0.3) is 10.6 Å². The fourth-order valence-electron chi connectivity index (χ4n) is 3.13. The van der Waals surface area contributed by atoms with E-state index >= 15 is 0 Å². The van der Waals surface area contributed by atoms with Gasteiger partial charge < -0.3 is 0 Å². The summed E-state index contributed by atoms with van der Waals surface area (Å²) in [7, 11) is 0. The summed E-state index contributed by atoms with van der Waals surface area (Å²) in [5.41, 5.74) is 4.06. The molecule has 0 aliphatic heterocycles. The van der Waals surface area contributed by atoms with Crippen LogP contribution >= 0.6 is 11.3 Å². The molecule has 2 atom stereocenters. The highest BCUT2D eigenvalue weighted by Gasteiger charge is 2.31. The van der Waals surface area contributed by atoms with Crippen molar-refractivity contribution in [3.8, 4) is 10.6 Å². The minimum atomic E-state index is 0.630. The van der Waals surface area contributed by atoms with Crippen LogP contribution in [-0.4, -0.2) is 10.2 Å². The summed E-state index contributed by atoms with van der Waals surface area (Å²) in [6, 6.07) is 4.28. The van der Waals surface area contributed by atoms with E-state index in [9.17, 15) is 0 Å². The number of nitrogens with zero attached hydrogens (tertiary/aromatic N) is 1. The smallest absolute Gasteiger partial charge is 0.106 e. The van der Waals surface area contributed by atoms with Gasteiger partial charge in [-0.15, -0.1) is 11.3 Å². The van der Waals surface area contributed by atoms with E-state index in [0.717, 1.165) is 0 Å². The Kier molecular flexibility index (Phi) is 3.02. The van der Waals surface area contributed by atoms with Gasteiger partial charge in [-0.2, -0.15) is 5.10 Å². The first-order valence-corrected chi connectivity index (χ1v) is 7.68. The fraction of sp³-hybridized carbons (Fsp3) is 0.533. The predicted molar refractivity (Wildman–Crippen MR) is 77.1 cm³/mol. The number of H-pyrrole nitrogens is 1. The SMILES string of the molecule is CC(C)[C@@H]1CC[C@@H](C)c2c(-c3cccs3)n[nH]c21. The maximum Gasteiger partial charge on any atom is 0.106 e. The van der Waals surface area contributed by atoms with Crippen LogP contribution in [0.1, 0.15) is 56.7 Å². The zero-order chi connectivity index (χ0) is 12.7. The van der Waals surface area contributed by atoms with Gasteiger partial charge >= 0.3 is 0 Å². The van der Waals surface area contributed by atoms with Gasteiger partial charge in [0.2, 0.25) is 0 Å². The fourth-order valence-corrected chi connectivity index (χ4v) is 3.86. The average molecular weight is 260 g/mol. The molecule has 3 rings (SSSR count). The molecule has 1 N–H and O–H groups in total. The van der Waals surface area contributed by atoms with Gasteiger partial charge in [0.1, 0.15) is 5.69 Å². The van der Waals surface area contributed by atoms with Gasteiger partial charge in [0.05, 0.1) is 4.88 Å². The summed E-state index contributed by atoms with van der Waals surface area (Å²) in [4.78, 5) is 1.30. The van der Waals surface area contributed by atoms with E-state index in [1.807, 2.05) is 0 Å². The van der Waals surface area contributed by atoms with E-state index in [4.69, 9.17) is 0 Å².